The molecule has 4 saturated heterocycles. The van der Waals surface area contributed by atoms with Crippen LogP contribution in [-0.2, 0) is 81.6 Å². The number of carboxylic acids is 3. The van der Waals surface area contributed by atoms with Crippen LogP contribution in [0.2, 0.25) is 0 Å². The maximum atomic E-state index is 12.8. The van der Waals surface area contributed by atoms with Crippen LogP contribution in [0.3, 0.4) is 0 Å². The van der Waals surface area contributed by atoms with Crippen molar-refractivity contribution in [3.05, 3.63) is 0 Å². The van der Waals surface area contributed by atoms with Crippen molar-refractivity contribution >= 4 is 83.1 Å². The molecule has 25 nitrogen and oxygen atoms in total. The summed E-state index contributed by atoms with van der Waals surface area (Å²) in [6.45, 7) is 0. The van der Waals surface area contributed by atoms with Crippen molar-refractivity contribution in [1.82, 2.24) is 20.3 Å². The van der Waals surface area contributed by atoms with Crippen molar-refractivity contribution in [2.24, 2.45) is 44.3 Å². The summed E-state index contributed by atoms with van der Waals surface area (Å²) in [5.41, 5.74) is -1.12. The summed E-state index contributed by atoms with van der Waals surface area (Å²) in [5.74, 6) is -8.02. The number of carbonyl (C=O) groups is 14. The highest BCUT2D eigenvalue weighted by atomic mass is 16.7. The number of rotatable bonds is 21. The van der Waals surface area contributed by atoms with E-state index >= 15 is 0 Å². The first kappa shape index (κ1) is 58.5. The predicted octanol–water partition coefficient (Wildman–Crippen LogP) is 5.17. The fraction of sp³-hybridized carbons (Fsp3) is 0.741. The lowest BCUT2D eigenvalue weighted by Gasteiger charge is -2.67. The monoisotopic (exact) mass is 1110 g/mol. The van der Waals surface area contributed by atoms with E-state index in [1.165, 1.54) is 0 Å². The molecule has 0 aromatic carbocycles. The van der Waals surface area contributed by atoms with Gasteiger partial charge in [0.05, 0.1) is 0 Å². The molecule has 79 heavy (non-hydrogen) atoms. The van der Waals surface area contributed by atoms with Crippen molar-refractivity contribution in [1.29, 1.82) is 0 Å². The van der Waals surface area contributed by atoms with E-state index in [2.05, 4.69) is 0 Å². The smallest absolute Gasteiger partial charge is 0.333 e. The van der Waals surface area contributed by atoms with Gasteiger partial charge in [-0.1, -0.05) is 0 Å². The Morgan fingerprint density at radius 1 is 0.342 bits per heavy atom. The molecule has 8 aliphatic carbocycles. The Kier molecular flexibility index (Phi) is 16.9. The quantitative estimate of drug-likeness (QED) is 0.0850. The number of nitrogens with zero attached hydrogens (tertiary/aromatic N) is 4. The van der Waals surface area contributed by atoms with Crippen LogP contribution in [0, 0.1) is 44.3 Å². The van der Waals surface area contributed by atoms with E-state index in [0.29, 0.717) is 78.9 Å². The van der Waals surface area contributed by atoms with Gasteiger partial charge in [0, 0.05) is 89.9 Å². The lowest BCUT2D eigenvalue weighted by molar-refractivity contribution is -0.204. The summed E-state index contributed by atoms with van der Waals surface area (Å²) < 4.78 is 0. The molecule has 8 saturated carbocycles. The Morgan fingerprint density at radius 3 is 0.709 bits per heavy atom. The second-order valence-corrected chi connectivity index (χ2v) is 24.9. The molecule has 25 heteroatoms. The summed E-state index contributed by atoms with van der Waals surface area (Å²) in [6.07, 6.45) is 14.2. The molecule has 4 aliphatic heterocycles. The van der Waals surface area contributed by atoms with Crippen LogP contribution in [0.1, 0.15) is 205 Å². The molecule has 4 heterocycles. The standard InChI is InChI=1S/C31H37N3O12.C19H28O6.C4H5NO3/c35-20-1-2-21(36)32(20)44-26(41)7-10-29-13-19-14-30(16-29,11-8-27(42)45-33-22(37)3-4-23(33)38)18-31(15-19,17-29)12-9-28(43)46-34-24(39)5-6-25(34)40;20-14(21)1-4-17-7-13-8-18(10-17,5-2-15(22)23)12-19(9-13,11-17)6-3-16(24)25;6-3-1-2-4(7)5(3)8/h19H,1-18H2;13H,1-12H2,(H,20,21)(H,22,23)(H,24,25);8H,1-2H2. The Bertz CT molecular complexity index is 2270. The third kappa shape index (κ3) is 13.5. The summed E-state index contributed by atoms with van der Waals surface area (Å²) >= 11 is 0. The topological polar surface area (TPSA) is 361 Å². The maximum absolute atomic E-state index is 12.8. The van der Waals surface area contributed by atoms with Crippen molar-refractivity contribution < 1.29 is 102 Å². The number of hydrogen-bond donors (Lipinski definition) is 4. The molecule has 432 valence electrons. The first-order valence-corrected chi connectivity index (χ1v) is 27.6. The van der Waals surface area contributed by atoms with Crippen molar-refractivity contribution in [3.8, 4) is 0 Å². The van der Waals surface area contributed by atoms with E-state index in [0.717, 1.165) is 57.8 Å². The number of imide groups is 4. The molecule has 0 atom stereocenters. The normalized spacial score (nSPS) is 32.8. The highest BCUT2D eigenvalue weighted by molar-refractivity contribution is 6.03. The van der Waals surface area contributed by atoms with Crippen LogP contribution in [0.4, 0.5) is 0 Å². The molecular formula is C54H70N4O21. The van der Waals surface area contributed by atoms with Crippen molar-refractivity contribution in [3.63, 3.8) is 0 Å². The summed E-state index contributed by atoms with van der Waals surface area (Å²) in [4.78, 5) is 179. The van der Waals surface area contributed by atoms with Crippen molar-refractivity contribution in [2.45, 2.75) is 205 Å². The lowest BCUT2D eigenvalue weighted by Crippen LogP contribution is -2.57. The van der Waals surface area contributed by atoms with Crippen LogP contribution in [0.25, 0.3) is 0 Å². The van der Waals surface area contributed by atoms with Crippen LogP contribution < -0.4 is 0 Å². The van der Waals surface area contributed by atoms with E-state index in [-0.39, 0.29) is 133 Å². The predicted molar refractivity (Wildman–Crippen MR) is 260 cm³/mol. The third-order valence-electron chi connectivity index (χ3n) is 18.6. The van der Waals surface area contributed by atoms with Gasteiger partial charge in [-0.05, 0) is 160 Å². The number of aliphatic carboxylic acids is 3. The first-order chi connectivity index (χ1) is 37.2. The maximum Gasteiger partial charge on any atom is 0.333 e. The lowest BCUT2D eigenvalue weighted by atomic mass is 9.37. The van der Waals surface area contributed by atoms with Gasteiger partial charge in [0.2, 0.25) is 0 Å². The number of amides is 8. The van der Waals surface area contributed by atoms with Crippen LogP contribution in [0.15, 0.2) is 0 Å². The van der Waals surface area contributed by atoms with Gasteiger partial charge >= 0.3 is 35.8 Å². The minimum absolute atomic E-state index is 0.00615. The molecule has 8 bridgehead atoms. The molecule has 0 aromatic rings. The molecule has 0 spiro atoms. The second-order valence-electron chi connectivity index (χ2n) is 24.9. The Labute approximate surface area is 454 Å². The molecule has 12 rings (SSSR count). The van der Waals surface area contributed by atoms with E-state index in [9.17, 15) is 67.1 Å². The van der Waals surface area contributed by atoms with Gasteiger partial charge in [0.1, 0.15) is 0 Å². The molecule has 0 unspecified atom stereocenters. The van der Waals surface area contributed by atoms with Crippen LogP contribution >= 0.6 is 0 Å². The van der Waals surface area contributed by atoms with Gasteiger partial charge in [-0.3, -0.25) is 57.9 Å². The van der Waals surface area contributed by atoms with Gasteiger partial charge in [0.15, 0.2) is 0 Å². The zero-order valence-electron chi connectivity index (χ0n) is 44.3. The Hall–Kier alpha value is -6.66. The number of hydrogen-bond acceptors (Lipinski definition) is 18. The average molecular weight is 1110 g/mol. The summed E-state index contributed by atoms with van der Waals surface area (Å²) in [7, 11) is 0. The Balaban J connectivity index is 0.000000206. The molecule has 0 radical (unpaired) electrons. The Morgan fingerprint density at radius 2 is 0.532 bits per heavy atom. The second kappa shape index (κ2) is 22.8. The molecule has 8 amide bonds. The van der Waals surface area contributed by atoms with E-state index in [4.69, 9.17) is 35.0 Å². The van der Waals surface area contributed by atoms with Gasteiger partial charge < -0.3 is 29.8 Å². The van der Waals surface area contributed by atoms with Crippen molar-refractivity contribution in [2.75, 3.05) is 0 Å². The van der Waals surface area contributed by atoms with E-state index in [1.54, 1.807) is 0 Å². The molecular weight excluding hydrogens is 1040 g/mol. The fourth-order valence-electron chi connectivity index (χ4n) is 17.0. The van der Waals surface area contributed by atoms with Gasteiger partial charge in [-0.25, -0.2) is 14.4 Å². The minimum Gasteiger partial charge on any atom is -0.481 e. The third-order valence-corrected chi connectivity index (χ3v) is 18.6. The highest BCUT2D eigenvalue weighted by Crippen LogP contribution is 2.74. The molecule has 0 aromatic heterocycles. The first-order valence-electron chi connectivity index (χ1n) is 27.6. The largest absolute Gasteiger partial charge is 0.481 e. The molecule has 12 fully saturated rings. The minimum atomic E-state index is -0.782. The van der Waals surface area contributed by atoms with Gasteiger partial charge in [-0.15, -0.1) is 15.2 Å². The van der Waals surface area contributed by atoms with Gasteiger partial charge in [-0.2, -0.15) is 5.06 Å². The molecule has 12 aliphatic rings. The SMILES string of the molecule is O=C(CCC12CC3CC(CCC(=O)ON4C(=O)CCC4=O)(C1)CC(CCC(=O)ON1C(=O)CCC1=O)(C3)C2)ON1C(=O)CCC1=O.O=C(O)CCC12CC3CC(CCC(=O)O)(C1)CC(CCC(=O)O)(C3)C2.O=C1CCC(=O)N1O. The van der Waals surface area contributed by atoms with Crippen LogP contribution in [-0.4, -0.2) is 124 Å². The molecule has 4 N–H and O–H groups in total. The number of carboxylic acid groups (broad SMARTS) is 3. The number of hydroxylamine groups is 8. The van der Waals surface area contributed by atoms with E-state index < -0.39 is 83.1 Å². The van der Waals surface area contributed by atoms with E-state index in [1.807, 2.05) is 0 Å². The fourth-order valence-corrected chi connectivity index (χ4v) is 17.0. The zero-order valence-corrected chi connectivity index (χ0v) is 44.3. The highest BCUT2D eigenvalue weighted by Gasteiger charge is 2.64. The zero-order chi connectivity index (χ0) is 57.3. The van der Waals surface area contributed by atoms with Crippen LogP contribution in [0.5, 0.6) is 0 Å². The summed E-state index contributed by atoms with van der Waals surface area (Å²) in [6, 6.07) is 0. The number of carbonyl (C=O) groups excluding carboxylic acids is 11. The summed E-state index contributed by atoms with van der Waals surface area (Å²) in [5, 5.41) is 37.6. The van der Waals surface area contributed by atoms with Gasteiger partial charge in [0.25, 0.3) is 47.3 Å². The average Bonchev–Trinajstić information content (AvgIpc) is 4.22.